The van der Waals surface area contributed by atoms with Crippen molar-refractivity contribution in [1.29, 1.82) is 0 Å². The first kappa shape index (κ1) is 15.6. The Balaban J connectivity index is 2.91. The van der Waals surface area contributed by atoms with Crippen molar-refractivity contribution in [3.05, 3.63) is 35.1 Å². The molecule has 0 aromatic heterocycles. The van der Waals surface area contributed by atoms with Gasteiger partial charge in [0.2, 0.25) is 0 Å². The molecule has 0 aliphatic carbocycles. The molecule has 1 nitrogen and oxygen atoms in total. The number of hydrogen-bond donors (Lipinski definition) is 1. The van der Waals surface area contributed by atoms with Gasteiger partial charge in [-0.1, -0.05) is 6.92 Å². The van der Waals surface area contributed by atoms with E-state index in [1.807, 2.05) is 6.92 Å². The van der Waals surface area contributed by atoms with E-state index >= 15 is 0 Å². The van der Waals surface area contributed by atoms with E-state index in [9.17, 15) is 13.2 Å². The van der Waals surface area contributed by atoms with Crippen molar-refractivity contribution < 1.29 is 13.2 Å². The van der Waals surface area contributed by atoms with Crippen molar-refractivity contribution in [2.75, 3.05) is 6.54 Å². The highest BCUT2D eigenvalue weighted by Crippen LogP contribution is 2.22. The van der Waals surface area contributed by atoms with Gasteiger partial charge in [0.25, 0.3) is 0 Å². The van der Waals surface area contributed by atoms with Crippen LogP contribution in [0.3, 0.4) is 0 Å². The molecular formula is C15H18F3N. The Labute approximate surface area is 112 Å². The van der Waals surface area contributed by atoms with Crippen LogP contribution in [-0.4, -0.2) is 6.54 Å². The zero-order valence-corrected chi connectivity index (χ0v) is 11.2. The number of benzene rings is 1. The maximum absolute atomic E-state index is 13.2. The average molecular weight is 269 g/mol. The molecule has 0 saturated carbocycles. The highest BCUT2D eigenvalue weighted by atomic mass is 19.2. The first-order valence-electron chi connectivity index (χ1n) is 6.37. The Morgan fingerprint density at radius 2 is 1.84 bits per heavy atom. The summed E-state index contributed by atoms with van der Waals surface area (Å²) in [5.41, 5.74) is 0.419. The predicted octanol–water partition coefficient (Wildman–Crippen LogP) is 3.95. The maximum atomic E-state index is 13.2. The van der Waals surface area contributed by atoms with Gasteiger partial charge in [-0.05, 0) is 44.0 Å². The molecule has 0 saturated heterocycles. The summed E-state index contributed by atoms with van der Waals surface area (Å²) >= 11 is 0. The van der Waals surface area contributed by atoms with Crippen LogP contribution < -0.4 is 5.32 Å². The molecule has 1 N–H and O–H groups in total. The molecular weight excluding hydrogens is 251 g/mol. The molecule has 1 aromatic rings. The van der Waals surface area contributed by atoms with E-state index in [1.165, 1.54) is 0 Å². The first-order valence-corrected chi connectivity index (χ1v) is 6.37. The summed E-state index contributed by atoms with van der Waals surface area (Å²) in [5.74, 6) is 1.96. The number of halogens is 3. The molecule has 1 unspecified atom stereocenters. The second kappa shape index (κ2) is 7.85. The van der Waals surface area contributed by atoms with Gasteiger partial charge in [0.1, 0.15) is 0 Å². The van der Waals surface area contributed by atoms with Crippen LogP contribution in [0.1, 0.15) is 44.7 Å². The SMILES string of the molecule is CC#CCCC(NCCC)c1cc(F)c(F)c(F)c1. The quantitative estimate of drug-likeness (QED) is 0.609. The molecule has 0 heterocycles. The minimum Gasteiger partial charge on any atom is -0.310 e. The van der Waals surface area contributed by atoms with Crippen LogP contribution in [0.25, 0.3) is 0 Å². The van der Waals surface area contributed by atoms with Crippen LogP contribution in [-0.2, 0) is 0 Å². The summed E-state index contributed by atoms with van der Waals surface area (Å²) in [6, 6.07) is 1.88. The van der Waals surface area contributed by atoms with Crippen LogP contribution in [0.15, 0.2) is 12.1 Å². The number of nitrogens with one attached hydrogen (secondary N) is 1. The minimum atomic E-state index is -1.42. The maximum Gasteiger partial charge on any atom is 0.194 e. The van der Waals surface area contributed by atoms with Crippen molar-refractivity contribution in [2.45, 2.75) is 39.2 Å². The van der Waals surface area contributed by atoms with Crippen molar-refractivity contribution in [1.82, 2.24) is 5.32 Å². The molecule has 1 rings (SSSR count). The normalized spacial score (nSPS) is 11.8. The van der Waals surface area contributed by atoms with E-state index in [0.717, 1.165) is 25.1 Å². The lowest BCUT2D eigenvalue weighted by molar-refractivity contribution is 0.436. The fourth-order valence-corrected chi connectivity index (χ4v) is 1.82. The molecule has 1 atom stereocenters. The molecule has 0 fully saturated rings. The molecule has 19 heavy (non-hydrogen) atoms. The Kier molecular flexibility index (Phi) is 6.44. The molecule has 104 valence electrons. The molecule has 0 radical (unpaired) electrons. The summed E-state index contributed by atoms with van der Waals surface area (Å²) < 4.78 is 39.4. The lowest BCUT2D eigenvalue weighted by Crippen LogP contribution is -2.22. The van der Waals surface area contributed by atoms with Gasteiger partial charge in [-0.3, -0.25) is 0 Å². The monoisotopic (exact) mass is 269 g/mol. The van der Waals surface area contributed by atoms with Crippen LogP contribution in [0.2, 0.25) is 0 Å². The van der Waals surface area contributed by atoms with Gasteiger partial charge < -0.3 is 5.32 Å². The van der Waals surface area contributed by atoms with E-state index in [1.54, 1.807) is 6.92 Å². The van der Waals surface area contributed by atoms with Crippen molar-refractivity contribution in [3.8, 4) is 11.8 Å². The Hall–Kier alpha value is -1.47. The lowest BCUT2D eigenvalue weighted by atomic mass is 10.0. The third-order valence-electron chi connectivity index (χ3n) is 2.78. The van der Waals surface area contributed by atoms with Crippen molar-refractivity contribution >= 4 is 0 Å². The van der Waals surface area contributed by atoms with E-state index in [4.69, 9.17) is 0 Å². The highest BCUT2D eigenvalue weighted by molar-refractivity contribution is 5.23. The van der Waals surface area contributed by atoms with E-state index in [-0.39, 0.29) is 6.04 Å². The number of rotatable bonds is 6. The second-order valence-corrected chi connectivity index (χ2v) is 4.27. The fourth-order valence-electron chi connectivity index (χ4n) is 1.82. The van der Waals surface area contributed by atoms with Crippen molar-refractivity contribution in [3.63, 3.8) is 0 Å². The van der Waals surface area contributed by atoms with Gasteiger partial charge in [-0.2, -0.15) is 0 Å². The average Bonchev–Trinajstić information content (AvgIpc) is 2.39. The molecule has 0 amide bonds. The summed E-state index contributed by atoms with van der Waals surface area (Å²) in [4.78, 5) is 0. The van der Waals surface area contributed by atoms with Gasteiger partial charge in [-0.25, -0.2) is 13.2 Å². The van der Waals surface area contributed by atoms with Gasteiger partial charge in [-0.15, -0.1) is 11.8 Å². The van der Waals surface area contributed by atoms with Crippen LogP contribution in [0, 0.1) is 29.3 Å². The van der Waals surface area contributed by atoms with Crippen LogP contribution in [0.4, 0.5) is 13.2 Å². The molecule has 4 heteroatoms. The first-order chi connectivity index (χ1) is 9.10. The molecule has 0 bridgehead atoms. The van der Waals surface area contributed by atoms with E-state index < -0.39 is 17.5 Å². The zero-order chi connectivity index (χ0) is 14.3. The standard InChI is InChI=1S/C15H18F3N/c1-3-5-6-7-14(19-8-4-2)11-9-12(16)15(18)13(17)10-11/h9-10,14,19H,4,6-8H2,1-2H3. The summed E-state index contributed by atoms with van der Waals surface area (Å²) in [7, 11) is 0. The molecule has 0 spiro atoms. The Morgan fingerprint density at radius 1 is 1.21 bits per heavy atom. The predicted molar refractivity (Wildman–Crippen MR) is 70.0 cm³/mol. The smallest absolute Gasteiger partial charge is 0.194 e. The third kappa shape index (κ3) is 4.60. The van der Waals surface area contributed by atoms with Gasteiger partial charge >= 0.3 is 0 Å². The molecule has 0 aliphatic heterocycles. The van der Waals surface area contributed by atoms with Gasteiger partial charge in [0, 0.05) is 12.5 Å². The largest absolute Gasteiger partial charge is 0.310 e. The van der Waals surface area contributed by atoms with Gasteiger partial charge in [0.05, 0.1) is 0 Å². The highest BCUT2D eigenvalue weighted by Gasteiger charge is 2.16. The fraction of sp³-hybridized carbons (Fsp3) is 0.467. The van der Waals surface area contributed by atoms with E-state index in [0.29, 0.717) is 18.4 Å². The Morgan fingerprint density at radius 3 is 2.37 bits per heavy atom. The topological polar surface area (TPSA) is 12.0 Å². The summed E-state index contributed by atoms with van der Waals surface area (Å²) in [5, 5.41) is 3.19. The molecule has 0 aliphatic rings. The molecule has 1 aromatic carbocycles. The van der Waals surface area contributed by atoms with Crippen LogP contribution >= 0.6 is 0 Å². The summed E-state index contributed by atoms with van der Waals surface area (Å²) in [6.07, 6.45) is 2.16. The van der Waals surface area contributed by atoms with E-state index in [2.05, 4.69) is 17.2 Å². The zero-order valence-electron chi connectivity index (χ0n) is 11.2. The summed E-state index contributed by atoms with van der Waals surface area (Å²) in [6.45, 7) is 4.47. The van der Waals surface area contributed by atoms with Crippen molar-refractivity contribution in [2.24, 2.45) is 0 Å². The Bertz CT molecular complexity index is 451. The van der Waals surface area contributed by atoms with Crippen LogP contribution in [0.5, 0.6) is 0 Å². The van der Waals surface area contributed by atoms with Gasteiger partial charge in [0.15, 0.2) is 17.5 Å². The lowest BCUT2D eigenvalue weighted by Gasteiger charge is -2.18. The number of hydrogen-bond acceptors (Lipinski definition) is 1. The minimum absolute atomic E-state index is 0.217. The third-order valence-corrected chi connectivity index (χ3v) is 2.78. The second-order valence-electron chi connectivity index (χ2n) is 4.27.